The molecule has 0 spiro atoms. The third-order valence-electron chi connectivity index (χ3n) is 4.40. The lowest BCUT2D eigenvalue weighted by Crippen LogP contribution is -2.06. The van der Waals surface area contributed by atoms with Gasteiger partial charge in [-0.3, -0.25) is 0 Å². The third kappa shape index (κ3) is 3.97. The molecule has 0 unspecified atom stereocenters. The number of hydrogen-bond donors (Lipinski definition) is 1. The molecule has 0 atom stereocenters. The number of sulfone groups is 1. The molecule has 156 valence electrons. The van der Waals surface area contributed by atoms with E-state index in [-0.39, 0.29) is 27.6 Å². The van der Waals surface area contributed by atoms with Crippen molar-refractivity contribution >= 4 is 22.0 Å². The minimum atomic E-state index is -3.40. The van der Waals surface area contributed by atoms with Gasteiger partial charge in [-0.1, -0.05) is 24.3 Å². The van der Waals surface area contributed by atoms with Crippen LogP contribution in [0.3, 0.4) is 0 Å². The number of halogens is 1. The van der Waals surface area contributed by atoms with Crippen molar-refractivity contribution < 1.29 is 27.4 Å². The SMILES string of the molecule is CC=Cn1nc(-c2ccc(S(C)(=O)=O)cc2)c(-c2ccc(OC)c(F)c2)c1C(=O)O. The van der Waals surface area contributed by atoms with E-state index >= 15 is 0 Å². The zero-order valence-electron chi connectivity index (χ0n) is 16.5. The van der Waals surface area contributed by atoms with Crippen molar-refractivity contribution in [3.63, 3.8) is 0 Å². The maximum Gasteiger partial charge on any atom is 0.355 e. The molecule has 3 rings (SSSR count). The van der Waals surface area contributed by atoms with Crippen molar-refractivity contribution in [1.82, 2.24) is 9.78 Å². The first kappa shape index (κ1) is 21.3. The molecule has 30 heavy (non-hydrogen) atoms. The number of methoxy groups -OCH3 is 1. The fourth-order valence-corrected chi connectivity index (χ4v) is 3.68. The number of rotatable bonds is 6. The highest BCUT2D eigenvalue weighted by molar-refractivity contribution is 7.90. The molecular weight excluding hydrogens is 411 g/mol. The second-order valence-corrected chi connectivity index (χ2v) is 8.47. The minimum absolute atomic E-state index is 0.0236. The smallest absolute Gasteiger partial charge is 0.355 e. The Morgan fingerprint density at radius 2 is 1.80 bits per heavy atom. The van der Waals surface area contributed by atoms with Gasteiger partial charge in [0.25, 0.3) is 0 Å². The summed E-state index contributed by atoms with van der Waals surface area (Å²) in [6.07, 6.45) is 4.19. The summed E-state index contributed by atoms with van der Waals surface area (Å²) in [7, 11) is -2.06. The van der Waals surface area contributed by atoms with Crippen LogP contribution in [0.1, 0.15) is 17.4 Å². The maximum absolute atomic E-state index is 14.4. The summed E-state index contributed by atoms with van der Waals surface area (Å²) in [5, 5.41) is 14.2. The number of benzene rings is 2. The van der Waals surface area contributed by atoms with Gasteiger partial charge >= 0.3 is 5.97 Å². The van der Waals surface area contributed by atoms with Crippen molar-refractivity contribution in [2.45, 2.75) is 11.8 Å². The molecule has 0 saturated heterocycles. The summed E-state index contributed by atoms with van der Waals surface area (Å²) in [6, 6.07) is 10.0. The highest BCUT2D eigenvalue weighted by Crippen LogP contribution is 2.37. The molecular formula is C21H19FN2O5S. The molecule has 1 aromatic heterocycles. The summed E-state index contributed by atoms with van der Waals surface area (Å²) < 4.78 is 44.0. The summed E-state index contributed by atoms with van der Waals surface area (Å²) >= 11 is 0. The highest BCUT2D eigenvalue weighted by Gasteiger charge is 2.25. The van der Waals surface area contributed by atoms with E-state index in [0.29, 0.717) is 11.1 Å². The van der Waals surface area contributed by atoms with Gasteiger partial charge in [-0.15, -0.1) is 0 Å². The van der Waals surface area contributed by atoms with E-state index in [9.17, 15) is 22.7 Å². The molecule has 0 aliphatic rings. The van der Waals surface area contributed by atoms with Gasteiger partial charge in [0.1, 0.15) is 5.69 Å². The molecule has 3 aromatic rings. The van der Waals surface area contributed by atoms with Crippen molar-refractivity contribution in [2.75, 3.05) is 13.4 Å². The molecule has 0 aliphatic carbocycles. The monoisotopic (exact) mass is 430 g/mol. The summed E-state index contributed by atoms with van der Waals surface area (Å²) in [5.74, 6) is -1.87. The first-order valence-corrected chi connectivity index (χ1v) is 10.7. The Balaban J connectivity index is 2.31. The van der Waals surface area contributed by atoms with Crippen molar-refractivity contribution in [3.8, 4) is 28.1 Å². The van der Waals surface area contributed by atoms with E-state index in [2.05, 4.69) is 5.10 Å². The molecule has 0 radical (unpaired) electrons. The molecule has 0 bridgehead atoms. The number of hydrogen-bond acceptors (Lipinski definition) is 5. The molecule has 9 heteroatoms. The second-order valence-electron chi connectivity index (χ2n) is 6.45. The van der Waals surface area contributed by atoms with Gasteiger partial charge in [-0.05, 0) is 36.8 Å². The highest BCUT2D eigenvalue weighted by atomic mass is 32.2. The predicted octanol–water partition coefficient (Wildman–Crippen LogP) is 3.96. The Labute approximate surface area is 173 Å². The number of aromatic nitrogens is 2. The molecule has 2 aromatic carbocycles. The fourth-order valence-electron chi connectivity index (χ4n) is 3.05. The molecule has 0 aliphatic heterocycles. The number of ether oxygens (including phenoxy) is 1. The van der Waals surface area contributed by atoms with Crippen LogP contribution in [0.5, 0.6) is 5.75 Å². The van der Waals surface area contributed by atoms with E-state index in [1.54, 1.807) is 19.1 Å². The lowest BCUT2D eigenvalue weighted by molar-refractivity contribution is 0.0688. The van der Waals surface area contributed by atoms with Crippen molar-refractivity contribution in [2.24, 2.45) is 0 Å². The number of allylic oxidation sites excluding steroid dienone is 1. The number of nitrogens with zero attached hydrogens (tertiary/aromatic N) is 2. The van der Waals surface area contributed by atoms with Gasteiger partial charge in [-0.2, -0.15) is 5.10 Å². The maximum atomic E-state index is 14.4. The average Bonchev–Trinajstić information content (AvgIpc) is 3.07. The number of carboxylic acids is 1. The largest absolute Gasteiger partial charge is 0.494 e. The molecule has 1 N–H and O–H groups in total. The van der Waals surface area contributed by atoms with Gasteiger partial charge < -0.3 is 9.84 Å². The zero-order chi connectivity index (χ0) is 22.1. The van der Waals surface area contributed by atoms with Crippen LogP contribution in [0.25, 0.3) is 28.6 Å². The van der Waals surface area contributed by atoms with Gasteiger partial charge in [0.15, 0.2) is 27.1 Å². The Kier molecular flexibility index (Phi) is 5.75. The standard InChI is InChI=1S/C21H19FN2O5S/c1-4-11-24-20(21(25)26)18(14-7-10-17(29-2)16(22)12-14)19(23-24)13-5-8-15(9-6-13)30(3,27)28/h4-12H,1-3H3,(H,25,26). The fraction of sp³-hybridized carbons (Fsp3) is 0.143. The lowest BCUT2D eigenvalue weighted by Gasteiger charge is -2.08. The normalized spacial score (nSPS) is 11.7. The van der Waals surface area contributed by atoms with E-state index in [0.717, 1.165) is 6.26 Å². The van der Waals surface area contributed by atoms with Gasteiger partial charge in [0, 0.05) is 23.6 Å². The second kappa shape index (κ2) is 8.11. The summed E-state index contributed by atoms with van der Waals surface area (Å²) in [4.78, 5) is 12.2. The van der Waals surface area contributed by atoms with Crippen LogP contribution >= 0.6 is 0 Å². The van der Waals surface area contributed by atoms with Gasteiger partial charge in [0.2, 0.25) is 0 Å². The topological polar surface area (TPSA) is 98.5 Å². The molecule has 0 amide bonds. The Hall–Kier alpha value is -3.46. The first-order chi connectivity index (χ1) is 14.2. The van der Waals surface area contributed by atoms with Crippen LogP contribution in [-0.2, 0) is 9.84 Å². The Morgan fingerprint density at radius 3 is 2.30 bits per heavy atom. The van der Waals surface area contributed by atoms with Gasteiger partial charge in [-0.25, -0.2) is 22.3 Å². The molecule has 0 saturated carbocycles. The quantitative estimate of drug-likeness (QED) is 0.636. The minimum Gasteiger partial charge on any atom is -0.494 e. The summed E-state index contributed by atoms with van der Waals surface area (Å²) in [5.41, 5.74) is 1.10. The van der Waals surface area contributed by atoms with Crippen molar-refractivity contribution in [3.05, 3.63) is 60.1 Å². The van der Waals surface area contributed by atoms with E-state index in [1.807, 2.05) is 0 Å². The Morgan fingerprint density at radius 1 is 1.17 bits per heavy atom. The zero-order valence-corrected chi connectivity index (χ0v) is 17.3. The summed E-state index contributed by atoms with van der Waals surface area (Å²) in [6.45, 7) is 1.71. The number of aromatic carboxylic acids is 1. The lowest BCUT2D eigenvalue weighted by atomic mass is 9.98. The molecule has 0 fully saturated rings. The Bertz CT molecular complexity index is 1250. The van der Waals surface area contributed by atoms with Crippen LogP contribution in [0.15, 0.2) is 53.4 Å². The molecule has 7 nitrogen and oxygen atoms in total. The van der Waals surface area contributed by atoms with E-state index in [4.69, 9.17) is 4.74 Å². The molecule has 1 heterocycles. The number of carboxylic acid groups (broad SMARTS) is 1. The number of carbonyl (C=O) groups is 1. The van der Waals surface area contributed by atoms with Crippen molar-refractivity contribution in [1.29, 1.82) is 0 Å². The average molecular weight is 430 g/mol. The van der Waals surface area contributed by atoms with Crippen LogP contribution in [-0.4, -0.2) is 42.6 Å². The third-order valence-corrected chi connectivity index (χ3v) is 5.53. The van der Waals surface area contributed by atoms with Crippen LogP contribution in [0, 0.1) is 5.82 Å². The van der Waals surface area contributed by atoms with E-state index < -0.39 is 21.6 Å². The first-order valence-electron chi connectivity index (χ1n) is 8.80. The predicted molar refractivity (Wildman–Crippen MR) is 111 cm³/mol. The van der Waals surface area contributed by atoms with Crippen LogP contribution in [0.4, 0.5) is 4.39 Å². The van der Waals surface area contributed by atoms with E-state index in [1.165, 1.54) is 54.4 Å². The van der Waals surface area contributed by atoms with Crippen LogP contribution < -0.4 is 4.74 Å². The van der Waals surface area contributed by atoms with Gasteiger partial charge in [0.05, 0.1) is 12.0 Å². The van der Waals surface area contributed by atoms with Crippen LogP contribution in [0.2, 0.25) is 0 Å².